The van der Waals surface area contributed by atoms with Crippen molar-refractivity contribution in [2.24, 2.45) is 0 Å². The standard InChI is InChI=1S/C20H23N5O/c1-3-26-17-12-8-7-11-16(17)25-20-18(21)19(22-13-23-20)24-14(2)15-9-5-4-6-10-15/h4-14H,3,21H2,1-2H3,(H2,22,23,24,25). The minimum atomic E-state index is 0.0666. The molecule has 0 aliphatic rings. The highest BCUT2D eigenvalue weighted by atomic mass is 16.5. The molecule has 0 bridgehead atoms. The van der Waals surface area contributed by atoms with Crippen LogP contribution < -0.4 is 21.1 Å². The van der Waals surface area contributed by atoms with Gasteiger partial charge in [0.05, 0.1) is 18.3 Å². The zero-order valence-corrected chi connectivity index (χ0v) is 14.9. The summed E-state index contributed by atoms with van der Waals surface area (Å²) in [6.07, 6.45) is 1.49. The fourth-order valence-corrected chi connectivity index (χ4v) is 2.62. The summed E-state index contributed by atoms with van der Waals surface area (Å²) in [6.45, 7) is 4.59. The van der Waals surface area contributed by atoms with Crippen LogP contribution in [-0.2, 0) is 0 Å². The Morgan fingerprint density at radius 3 is 2.46 bits per heavy atom. The second-order valence-corrected chi connectivity index (χ2v) is 5.82. The fourth-order valence-electron chi connectivity index (χ4n) is 2.62. The molecule has 0 aliphatic heterocycles. The topological polar surface area (TPSA) is 85.1 Å². The van der Waals surface area contributed by atoms with Crippen molar-refractivity contribution in [3.63, 3.8) is 0 Å². The van der Waals surface area contributed by atoms with Crippen molar-refractivity contribution in [2.45, 2.75) is 19.9 Å². The van der Waals surface area contributed by atoms with Gasteiger partial charge in [-0.05, 0) is 31.5 Å². The molecule has 0 amide bonds. The third-order valence-electron chi connectivity index (χ3n) is 3.98. The molecular weight excluding hydrogens is 326 g/mol. The maximum absolute atomic E-state index is 6.29. The number of hydrogen-bond acceptors (Lipinski definition) is 6. The van der Waals surface area contributed by atoms with Gasteiger partial charge in [-0.2, -0.15) is 0 Å². The number of hydrogen-bond donors (Lipinski definition) is 3. The van der Waals surface area contributed by atoms with Crippen LogP contribution in [0.4, 0.5) is 23.0 Å². The van der Waals surface area contributed by atoms with E-state index < -0.39 is 0 Å². The maximum atomic E-state index is 6.29. The first-order valence-electron chi connectivity index (χ1n) is 8.59. The fraction of sp³-hybridized carbons (Fsp3) is 0.200. The Morgan fingerprint density at radius 1 is 1.00 bits per heavy atom. The molecular formula is C20H23N5O. The van der Waals surface area contributed by atoms with Gasteiger partial charge in [-0.1, -0.05) is 42.5 Å². The molecule has 0 radical (unpaired) electrons. The third kappa shape index (κ3) is 4.03. The van der Waals surface area contributed by atoms with Crippen LogP contribution in [0.2, 0.25) is 0 Å². The Morgan fingerprint density at radius 2 is 1.69 bits per heavy atom. The van der Waals surface area contributed by atoms with Crippen molar-refractivity contribution < 1.29 is 4.74 Å². The number of nitrogens with zero attached hydrogens (tertiary/aromatic N) is 2. The highest BCUT2D eigenvalue weighted by Crippen LogP contribution is 2.32. The van der Waals surface area contributed by atoms with E-state index in [-0.39, 0.29) is 6.04 Å². The largest absolute Gasteiger partial charge is 0.492 e. The molecule has 0 saturated heterocycles. The Kier molecular flexibility index (Phi) is 5.53. The molecule has 0 saturated carbocycles. The van der Waals surface area contributed by atoms with E-state index in [0.29, 0.717) is 23.9 Å². The minimum Gasteiger partial charge on any atom is -0.492 e. The van der Waals surface area contributed by atoms with Crippen LogP contribution in [-0.4, -0.2) is 16.6 Å². The number of anilines is 4. The molecule has 6 nitrogen and oxygen atoms in total. The molecule has 0 fully saturated rings. The van der Waals surface area contributed by atoms with E-state index in [1.54, 1.807) is 0 Å². The molecule has 2 aromatic carbocycles. The Balaban J connectivity index is 1.82. The lowest BCUT2D eigenvalue weighted by Gasteiger charge is -2.18. The zero-order chi connectivity index (χ0) is 18.4. The van der Waals surface area contributed by atoms with Crippen molar-refractivity contribution in [1.29, 1.82) is 0 Å². The number of ether oxygens (including phenoxy) is 1. The molecule has 4 N–H and O–H groups in total. The lowest BCUT2D eigenvalue weighted by Crippen LogP contribution is -2.12. The van der Waals surface area contributed by atoms with E-state index in [1.807, 2.05) is 49.4 Å². The van der Waals surface area contributed by atoms with Crippen molar-refractivity contribution >= 4 is 23.0 Å². The van der Waals surface area contributed by atoms with Gasteiger partial charge >= 0.3 is 0 Å². The summed E-state index contributed by atoms with van der Waals surface area (Å²) in [5.74, 6) is 1.88. The lowest BCUT2D eigenvalue weighted by molar-refractivity contribution is 0.342. The van der Waals surface area contributed by atoms with Gasteiger partial charge in [0.15, 0.2) is 11.6 Å². The quantitative estimate of drug-likeness (QED) is 0.587. The molecule has 6 heteroatoms. The molecule has 1 atom stereocenters. The van der Waals surface area contributed by atoms with E-state index in [4.69, 9.17) is 10.5 Å². The first kappa shape index (κ1) is 17.5. The summed E-state index contributed by atoms with van der Waals surface area (Å²) >= 11 is 0. The van der Waals surface area contributed by atoms with Crippen LogP contribution in [0, 0.1) is 0 Å². The van der Waals surface area contributed by atoms with Gasteiger partial charge in [-0.3, -0.25) is 0 Å². The van der Waals surface area contributed by atoms with E-state index in [1.165, 1.54) is 6.33 Å². The van der Waals surface area contributed by atoms with Gasteiger partial charge in [-0.15, -0.1) is 0 Å². The van der Waals surface area contributed by atoms with Crippen LogP contribution >= 0.6 is 0 Å². The van der Waals surface area contributed by atoms with Gasteiger partial charge in [0, 0.05) is 0 Å². The van der Waals surface area contributed by atoms with E-state index >= 15 is 0 Å². The lowest BCUT2D eigenvalue weighted by atomic mass is 10.1. The number of nitrogens with one attached hydrogen (secondary N) is 2. The smallest absolute Gasteiger partial charge is 0.159 e. The molecule has 1 unspecified atom stereocenters. The summed E-state index contributed by atoms with van der Waals surface area (Å²) in [6, 6.07) is 17.9. The van der Waals surface area contributed by atoms with Crippen molar-refractivity contribution in [3.8, 4) is 5.75 Å². The van der Waals surface area contributed by atoms with Gasteiger partial charge in [0.2, 0.25) is 0 Å². The summed E-state index contributed by atoms with van der Waals surface area (Å²) in [5, 5.41) is 6.58. The van der Waals surface area contributed by atoms with Gasteiger partial charge in [0.1, 0.15) is 17.8 Å². The van der Waals surface area contributed by atoms with Crippen molar-refractivity contribution in [2.75, 3.05) is 23.0 Å². The molecule has 1 heterocycles. The predicted molar refractivity (Wildman–Crippen MR) is 106 cm³/mol. The maximum Gasteiger partial charge on any atom is 0.159 e. The summed E-state index contributed by atoms with van der Waals surface area (Å²) in [4.78, 5) is 8.56. The van der Waals surface area contributed by atoms with Crippen LogP contribution in [0.5, 0.6) is 5.75 Å². The van der Waals surface area contributed by atoms with Crippen LogP contribution in [0.1, 0.15) is 25.5 Å². The van der Waals surface area contributed by atoms with Gasteiger partial charge in [0.25, 0.3) is 0 Å². The summed E-state index contributed by atoms with van der Waals surface area (Å²) < 4.78 is 5.64. The zero-order valence-electron chi connectivity index (χ0n) is 14.9. The second kappa shape index (κ2) is 8.20. The van der Waals surface area contributed by atoms with Crippen molar-refractivity contribution in [3.05, 3.63) is 66.5 Å². The van der Waals surface area contributed by atoms with E-state index in [9.17, 15) is 0 Å². The average molecular weight is 349 g/mol. The first-order chi connectivity index (χ1) is 12.7. The minimum absolute atomic E-state index is 0.0666. The van der Waals surface area contributed by atoms with E-state index in [2.05, 4.69) is 39.7 Å². The van der Waals surface area contributed by atoms with E-state index in [0.717, 1.165) is 17.0 Å². The molecule has 0 spiro atoms. The predicted octanol–water partition coefficient (Wildman–Crippen LogP) is 4.37. The monoisotopic (exact) mass is 349 g/mol. The normalized spacial score (nSPS) is 11.6. The van der Waals surface area contributed by atoms with Crippen LogP contribution in [0.25, 0.3) is 0 Å². The Hall–Kier alpha value is -3.28. The highest BCUT2D eigenvalue weighted by Gasteiger charge is 2.13. The van der Waals surface area contributed by atoms with Gasteiger partial charge < -0.3 is 21.1 Å². The number of nitrogens with two attached hydrogens (primary N) is 1. The Labute approximate surface area is 153 Å². The number of aromatic nitrogens is 2. The molecule has 3 rings (SSSR count). The van der Waals surface area contributed by atoms with Crippen LogP contribution in [0.15, 0.2) is 60.9 Å². The van der Waals surface area contributed by atoms with Crippen LogP contribution in [0.3, 0.4) is 0 Å². The first-order valence-corrected chi connectivity index (χ1v) is 8.59. The third-order valence-corrected chi connectivity index (χ3v) is 3.98. The second-order valence-electron chi connectivity index (χ2n) is 5.82. The highest BCUT2D eigenvalue weighted by molar-refractivity contribution is 5.79. The summed E-state index contributed by atoms with van der Waals surface area (Å²) in [5.41, 5.74) is 8.71. The Bertz CT molecular complexity index is 854. The number of benzene rings is 2. The number of para-hydroxylation sites is 2. The summed E-state index contributed by atoms with van der Waals surface area (Å²) in [7, 11) is 0. The molecule has 26 heavy (non-hydrogen) atoms. The molecule has 1 aromatic heterocycles. The van der Waals surface area contributed by atoms with Gasteiger partial charge in [-0.25, -0.2) is 9.97 Å². The molecule has 3 aromatic rings. The SMILES string of the molecule is CCOc1ccccc1Nc1ncnc(NC(C)c2ccccc2)c1N. The van der Waals surface area contributed by atoms with Crippen molar-refractivity contribution in [1.82, 2.24) is 9.97 Å². The number of rotatable bonds is 7. The molecule has 0 aliphatic carbocycles. The molecule has 134 valence electrons. The number of nitrogen functional groups attached to an aromatic ring is 1. The average Bonchev–Trinajstić information content (AvgIpc) is 2.67.